The molecule has 0 radical (unpaired) electrons. The van der Waals surface area contributed by atoms with Crippen molar-refractivity contribution in [1.29, 1.82) is 0 Å². The van der Waals surface area contributed by atoms with Gasteiger partial charge >= 0.3 is 0 Å². The molecule has 0 bridgehead atoms. The summed E-state index contributed by atoms with van der Waals surface area (Å²) in [5.74, 6) is 0.0867. The number of hydrogen-bond donors (Lipinski definition) is 1. The fourth-order valence-electron chi connectivity index (χ4n) is 1.87. The molecule has 0 aromatic rings. The van der Waals surface area contributed by atoms with E-state index in [4.69, 9.17) is 9.47 Å². The number of hydrogen-bond acceptors (Lipinski definition) is 5. The Kier molecular flexibility index (Phi) is 2.42. The van der Waals surface area contributed by atoms with Gasteiger partial charge in [-0.2, -0.15) is 0 Å². The normalized spacial score (nSPS) is 42.8. The number of aliphatic imine (C=N–C) groups is 1. The molecule has 2 aliphatic heterocycles. The van der Waals surface area contributed by atoms with Crippen LogP contribution in [0.1, 0.15) is 0 Å². The molecule has 0 aliphatic carbocycles. The van der Waals surface area contributed by atoms with Crippen LogP contribution in [0.3, 0.4) is 0 Å². The van der Waals surface area contributed by atoms with Gasteiger partial charge in [-0.05, 0) is 0 Å². The Morgan fingerprint density at radius 2 is 2.15 bits per heavy atom. The van der Waals surface area contributed by atoms with E-state index in [1.54, 1.807) is 0 Å². The monoisotopic (exact) mass is 185 g/mol. The quantitative estimate of drug-likeness (QED) is 0.447. The van der Waals surface area contributed by atoms with E-state index in [-0.39, 0.29) is 18.1 Å². The molecule has 5 heteroatoms. The smallest absolute Gasteiger partial charge is 0.234 e. The minimum Gasteiger partial charge on any atom is -0.388 e. The van der Waals surface area contributed by atoms with Crippen molar-refractivity contribution in [3.8, 4) is 0 Å². The lowest BCUT2D eigenvalue weighted by molar-refractivity contribution is 0.0171. The zero-order valence-electron chi connectivity index (χ0n) is 7.05. The number of aliphatic hydroxyl groups excluding tert-OH is 1. The zero-order chi connectivity index (χ0) is 9.26. The molecule has 0 amide bonds. The summed E-state index contributed by atoms with van der Waals surface area (Å²) in [6.45, 7) is 1.19. The molecular weight excluding hydrogens is 174 g/mol. The second-order valence-electron chi connectivity index (χ2n) is 3.36. The predicted molar refractivity (Wildman–Crippen MR) is 42.0 cm³/mol. The molecule has 2 heterocycles. The molecule has 13 heavy (non-hydrogen) atoms. The van der Waals surface area contributed by atoms with Gasteiger partial charge in [-0.1, -0.05) is 0 Å². The lowest BCUT2D eigenvalue weighted by Crippen LogP contribution is -2.29. The van der Waals surface area contributed by atoms with Gasteiger partial charge in [-0.15, -0.1) is 0 Å². The highest BCUT2D eigenvalue weighted by Gasteiger charge is 2.46. The highest BCUT2D eigenvalue weighted by atomic mass is 16.6. The van der Waals surface area contributed by atoms with Crippen molar-refractivity contribution < 1.29 is 19.4 Å². The highest BCUT2D eigenvalue weighted by molar-refractivity contribution is 5.32. The summed E-state index contributed by atoms with van der Waals surface area (Å²) in [6, 6.07) is 0. The minimum atomic E-state index is -0.532. The summed E-state index contributed by atoms with van der Waals surface area (Å²) in [7, 11) is 0. The molecule has 0 saturated carbocycles. The fourth-order valence-corrected chi connectivity index (χ4v) is 1.87. The second-order valence-corrected chi connectivity index (χ2v) is 3.36. The van der Waals surface area contributed by atoms with E-state index in [1.807, 2.05) is 0 Å². The van der Waals surface area contributed by atoms with Gasteiger partial charge in [0.15, 0.2) is 0 Å². The van der Waals surface area contributed by atoms with Gasteiger partial charge in [0.05, 0.1) is 25.9 Å². The van der Waals surface area contributed by atoms with Crippen LogP contribution >= 0.6 is 0 Å². The molecule has 0 spiro atoms. The zero-order valence-corrected chi connectivity index (χ0v) is 7.05. The molecule has 1 N–H and O–H groups in total. The molecule has 4 atom stereocenters. The van der Waals surface area contributed by atoms with Crippen LogP contribution < -0.4 is 0 Å². The Hall–Kier alpha value is -0.740. The van der Waals surface area contributed by atoms with Gasteiger partial charge in [0.1, 0.15) is 12.2 Å². The van der Waals surface area contributed by atoms with Gasteiger partial charge in [0, 0.05) is 5.92 Å². The van der Waals surface area contributed by atoms with Gasteiger partial charge in [-0.3, -0.25) is 0 Å². The maximum atomic E-state index is 9.90. The van der Waals surface area contributed by atoms with Crippen molar-refractivity contribution in [3.63, 3.8) is 0 Å². The third kappa shape index (κ3) is 1.51. The largest absolute Gasteiger partial charge is 0.388 e. The van der Waals surface area contributed by atoms with Crippen LogP contribution in [-0.4, -0.2) is 49.3 Å². The molecule has 2 fully saturated rings. The summed E-state index contributed by atoms with van der Waals surface area (Å²) >= 11 is 0. The van der Waals surface area contributed by atoms with Crippen LogP contribution in [0.15, 0.2) is 4.99 Å². The van der Waals surface area contributed by atoms with Crippen LogP contribution in [0.4, 0.5) is 0 Å². The first kappa shape index (κ1) is 8.84. The highest BCUT2D eigenvalue weighted by Crippen LogP contribution is 2.31. The topological polar surface area (TPSA) is 68.1 Å². The van der Waals surface area contributed by atoms with Gasteiger partial charge in [0.2, 0.25) is 6.08 Å². The number of carbonyl (C=O) groups excluding carboxylic acids is 1. The third-order valence-corrected chi connectivity index (χ3v) is 2.52. The Morgan fingerprint density at radius 1 is 1.38 bits per heavy atom. The number of rotatable bonds is 2. The molecule has 2 aliphatic rings. The van der Waals surface area contributed by atoms with Crippen molar-refractivity contribution in [2.24, 2.45) is 10.9 Å². The van der Waals surface area contributed by atoms with Crippen LogP contribution in [0.25, 0.3) is 0 Å². The Labute approximate surface area is 75.4 Å². The minimum absolute atomic E-state index is 0.0867. The maximum Gasteiger partial charge on any atom is 0.234 e. The second kappa shape index (κ2) is 3.55. The first-order valence-electron chi connectivity index (χ1n) is 4.28. The Morgan fingerprint density at radius 3 is 2.92 bits per heavy atom. The van der Waals surface area contributed by atoms with E-state index >= 15 is 0 Å². The van der Waals surface area contributed by atoms with E-state index in [9.17, 15) is 9.90 Å². The lowest BCUT2D eigenvalue weighted by atomic mass is 10.0. The van der Waals surface area contributed by atoms with Crippen LogP contribution in [0.5, 0.6) is 0 Å². The van der Waals surface area contributed by atoms with Gasteiger partial charge in [-0.25, -0.2) is 9.79 Å². The van der Waals surface area contributed by atoms with Gasteiger partial charge < -0.3 is 14.6 Å². The van der Waals surface area contributed by atoms with Crippen molar-refractivity contribution in [3.05, 3.63) is 0 Å². The van der Waals surface area contributed by atoms with E-state index in [1.165, 1.54) is 6.08 Å². The molecule has 72 valence electrons. The maximum absolute atomic E-state index is 9.90. The number of fused-ring (bicyclic) bond motifs is 1. The summed E-state index contributed by atoms with van der Waals surface area (Å²) in [5, 5.41) is 9.38. The van der Waals surface area contributed by atoms with E-state index in [2.05, 4.69) is 4.99 Å². The van der Waals surface area contributed by atoms with Gasteiger partial charge in [0.25, 0.3) is 0 Å². The fraction of sp³-hybridized carbons (Fsp3) is 0.875. The average Bonchev–Trinajstić information content (AvgIpc) is 2.67. The molecule has 0 aromatic carbocycles. The number of isocyanates is 1. The van der Waals surface area contributed by atoms with Crippen molar-refractivity contribution >= 4 is 6.08 Å². The molecule has 2 saturated heterocycles. The average molecular weight is 185 g/mol. The Balaban J connectivity index is 1.98. The number of aliphatic hydroxyl groups is 1. The standard InChI is InChI=1S/C8H11NO4/c10-4-9-1-5-2-12-8-6(11)3-13-7(5)8/h5-8,11H,1-3H2. The first-order chi connectivity index (χ1) is 6.33. The summed E-state index contributed by atoms with van der Waals surface area (Å²) < 4.78 is 10.7. The van der Waals surface area contributed by atoms with E-state index in [0.717, 1.165) is 0 Å². The molecule has 4 unspecified atom stereocenters. The molecular formula is C8H11NO4. The van der Waals surface area contributed by atoms with Crippen LogP contribution in [-0.2, 0) is 14.3 Å². The summed E-state index contributed by atoms with van der Waals surface area (Å²) in [5.41, 5.74) is 0. The van der Waals surface area contributed by atoms with E-state index in [0.29, 0.717) is 19.8 Å². The molecule has 2 rings (SSSR count). The van der Waals surface area contributed by atoms with Crippen molar-refractivity contribution in [1.82, 2.24) is 0 Å². The lowest BCUT2D eigenvalue weighted by Gasteiger charge is -2.12. The molecule has 5 nitrogen and oxygen atoms in total. The predicted octanol–water partition coefficient (Wildman–Crippen LogP) is -0.903. The summed E-state index contributed by atoms with van der Waals surface area (Å²) in [6.07, 6.45) is 0.621. The van der Waals surface area contributed by atoms with Crippen LogP contribution in [0, 0.1) is 5.92 Å². The summed E-state index contributed by atoms with van der Waals surface area (Å²) in [4.78, 5) is 13.4. The number of ether oxygens (including phenoxy) is 2. The van der Waals surface area contributed by atoms with E-state index < -0.39 is 6.10 Å². The van der Waals surface area contributed by atoms with Crippen LogP contribution in [0.2, 0.25) is 0 Å². The third-order valence-electron chi connectivity index (χ3n) is 2.52. The molecule has 0 aromatic heterocycles. The Bertz CT molecular complexity index is 238. The van der Waals surface area contributed by atoms with Crippen molar-refractivity contribution in [2.75, 3.05) is 19.8 Å². The SMILES string of the molecule is O=C=NCC1COC2C(O)COC12. The van der Waals surface area contributed by atoms with Crippen molar-refractivity contribution in [2.45, 2.75) is 18.3 Å². The first-order valence-corrected chi connectivity index (χ1v) is 4.28. The number of nitrogens with zero attached hydrogens (tertiary/aromatic N) is 1.